The molecule has 1 heterocycles. The van der Waals surface area contributed by atoms with Crippen molar-refractivity contribution in [1.29, 1.82) is 0 Å². The summed E-state index contributed by atoms with van der Waals surface area (Å²) in [4.78, 5) is 12.8. The van der Waals surface area contributed by atoms with Crippen LogP contribution in [0.15, 0.2) is 11.6 Å². The van der Waals surface area contributed by atoms with E-state index < -0.39 is 0 Å². The Hall–Kier alpha value is -0.670. The summed E-state index contributed by atoms with van der Waals surface area (Å²) in [6.45, 7) is 16.1. The lowest BCUT2D eigenvalue weighted by Crippen LogP contribution is -2.55. The van der Waals surface area contributed by atoms with Crippen molar-refractivity contribution in [3.63, 3.8) is 0 Å². The predicted octanol–water partition coefficient (Wildman–Crippen LogP) is 6.34. The molecule has 0 unspecified atom stereocenters. The van der Waals surface area contributed by atoms with E-state index in [0.717, 1.165) is 25.7 Å². The third-order valence-corrected chi connectivity index (χ3v) is 11.6. The van der Waals surface area contributed by atoms with E-state index in [1.807, 2.05) is 0 Å². The second kappa shape index (κ2) is 7.17. The number of carbonyl (C=O) groups excluding carboxylic acids is 1. The van der Waals surface area contributed by atoms with E-state index in [1.54, 1.807) is 5.57 Å². The van der Waals surface area contributed by atoms with Gasteiger partial charge in [0.2, 0.25) is 0 Å². The Labute approximate surface area is 195 Å². The molecule has 3 saturated carbocycles. The predicted molar refractivity (Wildman–Crippen MR) is 128 cm³/mol. The summed E-state index contributed by atoms with van der Waals surface area (Å²) in [6.07, 6.45) is 11.2. The van der Waals surface area contributed by atoms with E-state index in [1.165, 1.54) is 25.7 Å². The van der Waals surface area contributed by atoms with Crippen LogP contribution in [0.25, 0.3) is 0 Å². The van der Waals surface area contributed by atoms with Crippen LogP contribution in [-0.4, -0.2) is 28.7 Å². The molecule has 4 aliphatic carbocycles. The maximum absolute atomic E-state index is 12.8. The molecule has 0 aromatic heterocycles. The van der Waals surface area contributed by atoms with Crippen molar-refractivity contribution in [2.45, 2.75) is 118 Å². The molecule has 0 aromatic carbocycles. The summed E-state index contributed by atoms with van der Waals surface area (Å²) in [5.74, 6) is 3.53. The third kappa shape index (κ3) is 3.16. The van der Waals surface area contributed by atoms with Crippen LogP contribution in [0, 0.1) is 45.8 Å². The Morgan fingerprint density at radius 1 is 1.03 bits per heavy atom. The first-order valence-electron chi connectivity index (χ1n) is 13.4. The van der Waals surface area contributed by atoms with Gasteiger partial charge in [0.05, 0.1) is 11.7 Å². The van der Waals surface area contributed by atoms with Gasteiger partial charge in [-0.3, -0.25) is 4.79 Å². The molecule has 4 fully saturated rings. The van der Waals surface area contributed by atoms with Gasteiger partial charge < -0.3 is 9.84 Å². The second-order valence-corrected chi connectivity index (χ2v) is 13.9. The van der Waals surface area contributed by atoms with Gasteiger partial charge in [0.1, 0.15) is 11.9 Å². The number of ether oxygens (including phenoxy) is 1. The molecule has 3 heteroatoms. The highest BCUT2D eigenvalue weighted by molar-refractivity contribution is 5.85. The summed E-state index contributed by atoms with van der Waals surface area (Å²) >= 11 is 0. The Kier molecular flexibility index (Phi) is 5.17. The van der Waals surface area contributed by atoms with E-state index in [4.69, 9.17) is 4.74 Å². The van der Waals surface area contributed by atoms with Crippen molar-refractivity contribution in [3.8, 4) is 0 Å². The first-order valence-corrected chi connectivity index (χ1v) is 13.4. The van der Waals surface area contributed by atoms with Gasteiger partial charge in [0.15, 0.2) is 0 Å². The molecule has 5 rings (SSSR count). The van der Waals surface area contributed by atoms with Gasteiger partial charge in [0, 0.05) is 11.8 Å². The average molecular weight is 443 g/mol. The fourth-order valence-electron chi connectivity index (χ4n) is 9.60. The van der Waals surface area contributed by atoms with Crippen LogP contribution in [0.2, 0.25) is 0 Å². The number of Topliss-reactive ketones (excluding diaryl/α,β-unsaturated/α-hetero) is 1. The van der Waals surface area contributed by atoms with Gasteiger partial charge in [-0.25, -0.2) is 0 Å². The van der Waals surface area contributed by atoms with Crippen LogP contribution in [0.3, 0.4) is 0 Å². The normalized spacial score (nSPS) is 48.2. The molecular weight excluding hydrogens is 396 g/mol. The topological polar surface area (TPSA) is 49.8 Å². The molecule has 0 bridgehead atoms. The Morgan fingerprint density at radius 2 is 1.69 bits per heavy atom. The van der Waals surface area contributed by atoms with Crippen molar-refractivity contribution >= 4 is 5.78 Å². The van der Waals surface area contributed by atoms with Crippen molar-refractivity contribution in [1.82, 2.24) is 0 Å². The maximum atomic E-state index is 12.8. The number of ketones is 1. The van der Waals surface area contributed by atoms with Crippen molar-refractivity contribution < 1.29 is 14.6 Å². The average Bonchev–Trinajstić information content (AvgIpc) is 3.19. The lowest BCUT2D eigenvalue weighted by molar-refractivity contribution is -0.144. The lowest BCUT2D eigenvalue weighted by Gasteiger charge is -2.60. The first-order chi connectivity index (χ1) is 14.8. The fourth-order valence-corrected chi connectivity index (χ4v) is 9.60. The van der Waals surface area contributed by atoms with E-state index >= 15 is 0 Å². The summed E-state index contributed by atoms with van der Waals surface area (Å²) in [5, 5.41) is 10.8. The zero-order valence-electron chi connectivity index (χ0n) is 21.5. The van der Waals surface area contributed by atoms with Gasteiger partial charge in [-0.05, 0) is 99.2 Å². The molecule has 180 valence electrons. The zero-order valence-corrected chi connectivity index (χ0v) is 21.5. The minimum atomic E-state index is -0.338. The number of aliphatic hydroxyl groups is 1. The SMILES string of the molecule is C[C@@H](C[C@@H](O)[C@@H]1OC1(C)C)[C@@H]1CC[C@@H]2C3=CC[C@H]4C(C)(C)C(=O)CC[C@]4(C)[C@H]3CC[C@]21C. The smallest absolute Gasteiger partial charge is 0.138 e. The van der Waals surface area contributed by atoms with E-state index in [-0.39, 0.29) is 28.6 Å². The van der Waals surface area contributed by atoms with Gasteiger partial charge >= 0.3 is 0 Å². The maximum Gasteiger partial charge on any atom is 0.138 e. The molecule has 5 aliphatic rings. The quantitative estimate of drug-likeness (QED) is 0.408. The van der Waals surface area contributed by atoms with Crippen LogP contribution >= 0.6 is 0 Å². The molecule has 32 heavy (non-hydrogen) atoms. The number of rotatable bonds is 4. The van der Waals surface area contributed by atoms with Crippen molar-refractivity contribution in [2.24, 2.45) is 45.8 Å². The molecule has 9 atom stereocenters. The Balaban J connectivity index is 1.36. The molecule has 0 aromatic rings. The molecule has 0 spiro atoms. The van der Waals surface area contributed by atoms with Gasteiger partial charge in [-0.1, -0.05) is 46.3 Å². The zero-order chi connectivity index (χ0) is 23.3. The largest absolute Gasteiger partial charge is 0.390 e. The molecule has 0 radical (unpaired) electrons. The van der Waals surface area contributed by atoms with E-state index in [9.17, 15) is 9.90 Å². The van der Waals surface area contributed by atoms with Crippen LogP contribution in [0.4, 0.5) is 0 Å². The number of hydrogen-bond acceptors (Lipinski definition) is 3. The Bertz CT molecular complexity index is 824. The van der Waals surface area contributed by atoms with Crippen LogP contribution in [-0.2, 0) is 9.53 Å². The summed E-state index contributed by atoms with van der Waals surface area (Å²) in [5.41, 5.74) is 2.05. The number of fused-ring (bicyclic) bond motifs is 5. The fraction of sp³-hybridized carbons (Fsp3) is 0.897. The molecule has 0 amide bonds. The van der Waals surface area contributed by atoms with Crippen LogP contribution in [0.5, 0.6) is 0 Å². The highest BCUT2D eigenvalue weighted by Gasteiger charge is 2.61. The lowest BCUT2D eigenvalue weighted by atomic mass is 9.44. The molecule has 1 saturated heterocycles. The van der Waals surface area contributed by atoms with E-state index in [2.05, 4.69) is 54.5 Å². The van der Waals surface area contributed by atoms with Crippen LogP contribution in [0.1, 0.15) is 99.8 Å². The first kappa shape index (κ1) is 23.1. The molecule has 1 aliphatic heterocycles. The summed E-state index contributed by atoms with van der Waals surface area (Å²) < 4.78 is 5.73. The van der Waals surface area contributed by atoms with Gasteiger partial charge in [0.25, 0.3) is 0 Å². The minimum Gasteiger partial charge on any atom is -0.390 e. The van der Waals surface area contributed by atoms with Gasteiger partial charge in [-0.15, -0.1) is 0 Å². The summed E-state index contributed by atoms with van der Waals surface area (Å²) in [6, 6.07) is 0. The standard InChI is InChI=1S/C29H46O3/c1-17(16-22(30)25-27(4,5)32-25)19-9-10-20-18-8-11-23-26(2,3)24(31)13-15-29(23,7)21(18)12-14-28(19,20)6/h8,17,19-23,25,30H,9-16H2,1-7H3/t17-,19-,20+,21-,22+,23-,25-,28-,29+/m0/s1. The molecular formula is C29H46O3. The van der Waals surface area contributed by atoms with E-state index in [0.29, 0.717) is 40.8 Å². The number of carbonyl (C=O) groups is 1. The number of aliphatic hydroxyl groups excluding tert-OH is 1. The second-order valence-electron chi connectivity index (χ2n) is 13.9. The number of hydrogen-bond donors (Lipinski definition) is 1. The number of epoxide rings is 1. The Morgan fingerprint density at radius 3 is 2.34 bits per heavy atom. The van der Waals surface area contributed by atoms with Gasteiger partial charge in [-0.2, -0.15) is 0 Å². The highest BCUT2D eigenvalue weighted by atomic mass is 16.6. The van der Waals surface area contributed by atoms with Crippen molar-refractivity contribution in [2.75, 3.05) is 0 Å². The number of allylic oxidation sites excluding steroid dienone is 2. The molecule has 1 N–H and O–H groups in total. The third-order valence-electron chi connectivity index (χ3n) is 11.6. The van der Waals surface area contributed by atoms with Crippen LogP contribution < -0.4 is 0 Å². The monoisotopic (exact) mass is 442 g/mol. The highest BCUT2D eigenvalue weighted by Crippen LogP contribution is 2.68. The van der Waals surface area contributed by atoms with Crippen molar-refractivity contribution in [3.05, 3.63) is 11.6 Å². The minimum absolute atomic E-state index is 0.0148. The summed E-state index contributed by atoms with van der Waals surface area (Å²) in [7, 11) is 0. The molecule has 3 nitrogen and oxygen atoms in total.